The van der Waals surface area contributed by atoms with Crippen LogP contribution in [0, 0.1) is 0 Å². The van der Waals surface area contributed by atoms with Crippen LogP contribution in [0.4, 0.5) is 0 Å². The molecule has 2 rings (SSSR count). The number of hydrogen-bond donors (Lipinski definition) is 3. The fourth-order valence-corrected chi connectivity index (χ4v) is 3.12. The molecular formula is C22H38IN5O2. The van der Waals surface area contributed by atoms with E-state index in [-0.39, 0.29) is 35.9 Å². The monoisotopic (exact) mass is 531 g/mol. The van der Waals surface area contributed by atoms with Gasteiger partial charge in [0.05, 0.1) is 19.8 Å². The first kappa shape index (κ1) is 26.6. The maximum atomic E-state index is 11.9. The molecule has 8 heteroatoms. The van der Waals surface area contributed by atoms with Crippen molar-refractivity contribution in [3.05, 3.63) is 35.4 Å². The maximum Gasteiger partial charge on any atom is 0.221 e. The van der Waals surface area contributed by atoms with Gasteiger partial charge in [-0.2, -0.15) is 0 Å². The standard InChI is InChI=1S/C22H37N5O2.HI/c1-4-18(3)26-21(28)10-11-24-22(23-5-2)25-16-19-8-6-7-9-20(19)17-27-12-14-29-15-13-27;/h6-9,18H,4-5,10-17H2,1-3H3,(H,26,28)(H2,23,24,25);1H. The molecule has 1 heterocycles. The van der Waals surface area contributed by atoms with E-state index in [0.29, 0.717) is 19.5 Å². The van der Waals surface area contributed by atoms with Gasteiger partial charge in [-0.05, 0) is 31.4 Å². The molecule has 0 aliphatic carbocycles. The van der Waals surface area contributed by atoms with Crippen molar-refractivity contribution in [3.8, 4) is 0 Å². The summed E-state index contributed by atoms with van der Waals surface area (Å²) in [5.41, 5.74) is 2.53. The van der Waals surface area contributed by atoms with Crippen molar-refractivity contribution in [3.63, 3.8) is 0 Å². The Morgan fingerprint density at radius 1 is 1.17 bits per heavy atom. The van der Waals surface area contributed by atoms with Gasteiger partial charge in [-0.15, -0.1) is 24.0 Å². The van der Waals surface area contributed by atoms with Crippen LogP contribution in [0.1, 0.15) is 44.7 Å². The Labute approximate surface area is 198 Å². The number of nitrogens with one attached hydrogen (secondary N) is 3. The maximum absolute atomic E-state index is 11.9. The van der Waals surface area contributed by atoms with Gasteiger partial charge >= 0.3 is 0 Å². The fraction of sp³-hybridized carbons (Fsp3) is 0.636. The third kappa shape index (κ3) is 10.1. The van der Waals surface area contributed by atoms with E-state index in [9.17, 15) is 4.79 Å². The smallest absolute Gasteiger partial charge is 0.221 e. The van der Waals surface area contributed by atoms with Crippen molar-refractivity contribution in [2.24, 2.45) is 4.99 Å². The highest BCUT2D eigenvalue weighted by Gasteiger charge is 2.12. The zero-order valence-corrected chi connectivity index (χ0v) is 20.9. The van der Waals surface area contributed by atoms with Crippen LogP contribution in [0.15, 0.2) is 29.3 Å². The first-order valence-electron chi connectivity index (χ1n) is 10.8. The summed E-state index contributed by atoms with van der Waals surface area (Å²) in [5, 5.41) is 9.51. The Morgan fingerprint density at radius 2 is 1.87 bits per heavy atom. The van der Waals surface area contributed by atoms with Crippen LogP contribution in [0.2, 0.25) is 0 Å². The van der Waals surface area contributed by atoms with E-state index in [0.717, 1.165) is 51.8 Å². The molecule has 1 aromatic rings. The van der Waals surface area contributed by atoms with Gasteiger partial charge in [0.15, 0.2) is 5.96 Å². The minimum absolute atomic E-state index is 0. The summed E-state index contributed by atoms with van der Waals surface area (Å²) in [6.07, 6.45) is 1.37. The van der Waals surface area contributed by atoms with Crippen LogP contribution in [-0.4, -0.2) is 62.2 Å². The predicted octanol–water partition coefficient (Wildman–Crippen LogP) is 2.50. The Bertz CT molecular complexity index is 650. The highest BCUT2D eigenvalue weighted by atomic mass is 127. The lowest BCUT2D eigenvalue weighted by Crippen LogP contribution is -2.40. The molecule has 0 spiro atoms. The number of aliphatic imine (C=N–C) groups is 1. The number of carbonyl (C=O) groups excluding carboxylic acids is 1. The van der Waals surface area contributed by atoms with Crippen molar-refractivity contribution in [2.45, 2.75) is 52.7 Å². The average Bonchev–Trinajstić information content (AvgIpc) is 2.73. The van der Waals surface area contributed by atoms with E-state index < -0.39 is 0 Å². The largest absolute Gasteiger partial charge is 0.379 e. The van der Waals surface area contributed by atoms with Gasteiger partial charge in [0.2, 0.25) is 5.91 Å². The van der Waals surface area contributed by atoms with E-state index in [1.807, 2.05) is 13.8 Å². The van der Waals surface area contributed by atoms with Crippen LogP contribution in [0.3, 0.4) is 0 Å². The Kier molecular flexibility index (Phi) is 13.7. The van der Waals surface area contributed by atoms with Gasteiger partial charge in [0.1, 0.15) is 0 Å². The minimum atomic E-state index is 0. The Morgan fingerprint density at radius 3 is 2.53 bits per heavy atom. The number of carbonyl (C=O) groups is 1. The number of ether oxygens (including phenoxy) is 1. The van der Waals surface area contributed by atoms with Crippen molar-refractivity contribution < 1.29 is 9.53 Å². The van der Waals surface area contributed by atoms with Crippen LogP contribution < -0.4 is 16.0 Å². The molecule has 1 unspecified atom stereocenters. The molecule has 0 bridgehead atoms. The molecule has 0 radical (unpaired) electrons. The first-order chi connectivity index (χ1) is 14.1. The van der Waals surface area contributed by atoms with Crippen molar-refractivity contribution in [1.29, 1.82) is 0 Å². The molecular weight excluding hydrogens is 493 g/mol. The fourth-order valence-electron chi connectivity index (χ4n) is 3.12. The topological polar surface area (TPSA) is 78.0 Å². The van der Waals surface area contributed by atoms with Crippen molar-refractivity contribution >= 4 is 35.8 Å². The summed E-state index contributed by atoms with van der Waals surface area (Å²) < 4.78 is 5.45. The molecule has 1 atom stereocenters. The lowest BCUT2D eigenvalue weighted by atomic mass is 10.1. The second kappa shape index (κ2) is 15.4. The predicted molar refractivity (Wildman–Crippen MR) is 133 cm³/mol. The summed E-state index contributed by atoms with van der Waals surface area (Å²) in [7, 11) is 0. The summed E-state index contributed by atoms with van der Waals surface area (Å²) >= 11 is 0. The van der Waals surface area contributed by atoms with Crippen LogP contribution in [-0.2, 0) is 22.6 Å². The molecule has 3 N–H and O–H groups in total. The molecule has 0 saturated carbocycles. The van der Waals surface area contributed by atoms with Gasteiger partial charge in [0.25, 0.3) is 0 Å². The number of amides is 1. The van der Waals surface area contributed by atoms with Crippen molar-refractivity contribution in [2.75, 3.05) is 39.4 Å². The van der Waals surface area contributed by atoms with E-state index >= 15 is 0 Å². The number of rotatable bonds is 10. The molecule has 1 amide bonds. The average molecular weight is 531 g/mol. The molecule has 1 saturated heterocycles. The second-order valence-electron chi connectivity index (χ2n) is 7.41. The molecule has 30 heavy (non-hydrogen) atoms. The highest BCUT2D eigenvalue weighted by Crippen LogP contribution is 2.14. The molecule has 170 valence electrons. The first-order valence-corrected chi connectivity index (χ1v) is 10.8. The SMILES string of the molecule is CCNC(=NCc1ccccc1CN1CCOCC1)NCCC(=O)NC(C)CC.I. The summed E-state index contributed by atoms with van der Waals surface area (Å²) in [6.45, 7) is 12.5. The number of morpholine rings is 1. The van der Waals surface area contributed by atoms with E-state index in [4.69, 9.17) is 9.73 Å². The zero-order valence-electron chi connectivity index (χ0n) is 18.6. The summed E-state index contributed by atoms with van der Waals surface area (Å²) in [6, 6.07) is 8.69. The Hall–Kier alpha value is -1.39. The molecule has 1 fully saturated rings. The number of nitrogens with zero attached hydrogens (tertiary/aromatic N) is 2. The van der Waals surface area contributed by atoms with E-state index in [1.165, 1.54) is 11.1 Å². The number of halogens is 1. The third-order valence-corrected chi connectivity index (χ3v) is 5.03. The third-order valence-electron chi connectivity index (χ3n) is 5.03. The molecule has 7 nitrogen and oxygen atoms in total. The van der Waals surface area contributed by atoms with Crippen molar-refractivity contribution in [1.82, 2.24) is 20.9 Å². The lowest BCUT2D eigenvalue weighted by Gasteiger charge is -2.27. The molecule has 1 aliphatic heterocycles. The van der Waals surface area contributed by atoms with Gasteiger partial charge in [-0.25, -0.2) is 4.99 Å². The number of benzene rings is 1. The van der Waals surface area contributed by atoms with Crippen LogP contribution >= 0.6 is 24.0 Å². The Balaban J connectivity index is 0.00000450. The van der Waals surface area contributed by atoms with Crippen LogP contribution in [0.25, 0.3) is 0 Å². The quantitative estimate of drug-likeness (QED) is 0.246. The molecule has 1 aliphatic rings. The number of hydrogen-bond acceptors (Lipinski definition) is 4. The highest BCUT2D eigenvalue weighted by molar-refractivity contribution is 14.0. The minimum Gasteiger partial charge on any atom is -0.379 e. The number of guanidine groups is 1. The summed E-state index contributed by atoms with van der Waals surface area (Å²) in [5.74, 6) is 0.809. The zero-order chi connectivity index (χ0) is 20.9. The van der Waals surface area contributed by atoms with Gasteiger partial charge in [-0.3, -0.25) is 9.69 Å². The van der Waals surface area contributed by atoms with E-state index in [2.05, 4.69) is 52.0 Å². The van der Waals surface area contributed by atoms with Gasteiger partial charge in [0, 0.05) is 45.2 Å². The second-order valence-corrected chi connectivity index (χ2v) is 7.41. The summed E-state index contributed by atoms with van der Waals surface area (Å²) in [4.78, 5) is 19.1. The molecule has 1 aromatic carbocycles. The van der Waals surface area contributed by atoms with Gasteiger partial charge in [-0.1, -0.05) is 31.2 Å². The normalized spacial score (nSPS) is 15.8. The van der Waals surface area contributed by atoms with Gasteiger partial charge < -0.3 is 20.7 Å². The van der Waals surface area contributed by atoms with E-state index in [1.54, 1.807) is 0 Å². The molecule has 0 aromatic heterocycles. The lowest BCUT2D eigenvalue weighted by molar-refractivity contribution is -0.121. The van der Waals surface area contributed by atoms with Crippen LogP contribution in [0.5, 0.6) is 0 Å².